The molecule has 19 heavy (non-hydrogen) atoms. The van der Waals surface area contributed by atoms with E-state index in [2.05, 4.69) is 0 Å². The minimum Gasteiger partial charge on any atom is -0.489 e. The lowest BCUT2D eigenvalue weighted by molar-refractivity contribution is -0.383. The smallest absolute Gasteiger partial charge is 0.292 e. The Kier molecular flexibility index (Phi) is 3.66. The number of hydrogen-bond acceptors (Lipinski definition) is 4. The molecule has 0 radical (unpaired) electrons. The molecular formula is C14H14N2O3. The van der Waals surface area contributed by atoms with Crippen LogP contribution in [0.2, 0.25) is 0 Å². The monoisotopic (exact) mass is 258 g/mol. The SMILES string of the molecule is Cc1ccc(OCc2ccc([N+](=O)[O-])c(N)c2)cc1. The molecule has 0 aromatic heterocycles. The normalized spacial score (nSPS) is 10.2. The molecule has 0 fully saturated rings. The van der Waals surface area contributed by atoms with Gasteiger partial charge in [-0.15, -0.1) is 0 Å². The van der Waals surface area contributed by atoms with Crippen LogP contribution < -0.4 is 10.5 Å². The molecule has 98 valence electrons. The average molecular weight is 258 g/mol. The molecule has 0 unspecified atom stereocenters. The zero-order valence-electron chi connectivity index (χ0n) is 10.5. The Morgan fingerprint density at radius 3 is 2.47 bits per heavy atom. The van der Waals surface area contributed by atoms with Gasteiger partial charge in [0.05, 0.1) is 4.92 Å². The van der Waals surface area contributed by atoms with Gasteiger partial charge in [0, 0.05) is 6.07 Å². The van der Waals surface area contributed by atoms with Gasteiger partial charge in [-0.05, 0) is 36.8 Å². The summed E-state index contributed by atoms with van der Waals surface area (Å²) < 4.78 is 5.58. The number of rotatable bonds is 4. The quantitative estimate of drug-likeness (QED) is 0.519. The second-order valence-electron chi connectivity index (χ2n) is 4.25. The van der Waals surface area contributed by atoms with Gasteiger partial charge in [-0.3, -0.25) is 10.1 Å². The Bertz CT molecular complexity index is 594. The molecule has 2 aromatic carbocycles. The Morgan fingerprint density at radius 1 is 1.21 bits per heavy atom. The molecule has 0 aliphatic rings. The van der Waals surface area contributed by atoms with Crippen molar-refractivity contribution in [3.05, 3.63) is 63.7 Å². The summed E-state index contributed by atoms with van der Waals surface area (Å²) in [6, 6.07) is 12.3. The number of anilines is 1. The van der Waals surface area contributed by atoms with Crippen LogP contribution in [0, 0.1) is 17.0 Å². The summed E-state index contributed by atoms with van der Waals surface area (Å²) >= 11 is 0. The summed E-state index contributed by atoms with van der Waals surface area (Å²) in [5, 5.41) is 10.6. The van der Waals surface area contributed by atoms with Gasteiger partial charge in [-0.2, -0.15) is 0 Å². The molecular weight excluding hydrogens is 244 g/mol. The van der Waals surface area contributed by atoms with Crippen molar-refractivity contribution in [1.82, 2.24) is 0 Å². The number of nitrogens with two attached hydrogens (primary N) is 1. The molecule has 2 aromatic rings. The van der Waals surface area contributed by atoms with E-state index in [0.29, 0.717) is 6.61 Å². The minimum atomic E-state index is -0.500. The number of nitro groups is 1. The third-order valence-corrected chi connectivity index (χ3v) is 2.72. The average Bonchev–Trinajstić information content (AvgIpc) is 2.37. The van der Waals surface area contributed by atoms with Crippen molar-refractivity contribution in [2.75, 3.05) is 5.73 Å². The van der Waals surface area contributed by atoms with Gasteiger partial charge in [-0.25, -0.2) is 0 Å². The number of benzene rings is 2. The van der Waals surface area contributed by atoms with Crippen LogP contribution in [-0.4, -0.2) is 4.92 Å². The molecule has 0 aliphatic carbocycles. The number of hydrogen-bond donors (Lipinski definition) is 1. The van der Waals surface area contributed by atoms with Crippen LogP contribution in [0.4, 0.5) is 11.4 Å². The van der Waals surface area contributed by atoms with Crippen LogP contribution in [0.15, 0.2) is 42.5 Å². The zero-order chi connectivity index (χ0) is 13.8. The molecule has 0 saturated heterocycles. The molecule has 0 amide bonds. The van der Waals surface area contributed by atoms with Gasteiger partial charge >= 0.3 is 0 Å². The third kappa shape index (κ3) is 3.22. The summed E-state index contributed by atoms with van der Waals surface area (Å²) in [4.78, 5) is 10.1. The second kappa shape index (κ2) is 5.39. The Hall–Kier alpha value is -2.56. The van der Waals surface area contributed by atoms with Crippen molar-refractivity contribution in [2.45, 2.75) is 13.5 Å². The number of ether oxygens (including phenoxy) is 1. The van der Waals surface area contributed by atoms with E-state index >= 15 is 0 Å². The Morgan fingerprint density at radius 2 is 1.89 bits per heavy atom. The van der Waals surface area contributed by atoms with E-state index in [1.807, 2.05) is 31.2 Å². The molecule has 0 bridgehead atoms. The number of nitrogen functional groups attached to an aromatic ring is 1. The van der Waals surface area contributed by atoms with Crippen molar-refractivity contribution in [3.8, 4) is 5.75 Å². The standard InChI is InChI=1S/C14H14N2O3/c1-10-2-5-12(6-3-10)19-9-11-4-7-14(16(17)18)13(15)8-11/h2-8H,9,15H2,1H3. The van der Waals surface area contributed by atoms with Crippen LogP contribution in [0.25, 0.3) is 0 Å². The highest BCUT2D eigenvalue weighted by Gasteiger charge is 2.11. The van der Waals surface area contributed by atoms with E-state index in [1.54, 1.807) is 12.1 Å². The molecule has 2 rings (SSSR count). The van der Waals surface area contributed by atoms with Crippen LogP contribution in [0.1, 0.15) is 11.1 Å². The summed E-state index contributed by atoms with van der Waals surface area (Å²) in [6.45, 7) is 2.33. The lowest BCUT2D eigenvalue weighted by Crippen LogP contribution is -2.00. The van der Waals surface area contributed by atoms with Gasteiger partial charge in [0.1, 0.15) is 18.0 Å². The Labute approximate surface area is 110 Å². The van der Waals surface area contributed by atoms with E-state index in [-0.39, 0.29) is 11.4 Å². The fourth-order valence-electron chi connectivity index (χ4n) is 1.66. The maximum atomic E-state index is 10.6. The van der Waals surface area contributed by atoms with Gasteiger partial charge in [0.2, 0.25) is 0 Å². The summed E-state index contributed by atoms with van der Waals surface area (Å²) in [7, 11) is 0. The number of aryl methyl sites for hydroxylation is 1. The summed E-state index contributed by atoms with van der Waals surface area (Å²) in [5.74, 6) is 0.752. The van der Waals surface area contributed by atoms with Crippen molar-refractivity contribution in [1.29, 1.82) is 0 Å². The topological polar surface area (TPSA) is 78.4 Å². The third-order valence-electron chi connectivity index (χ3n) is 2.72. The number of nitro benzene ring substituents is 1. The van der Waals surface area contributed by atoms with Gasteiger partial charge in [0.15, 0.2) is 0 Å². The van der Waals surface area contributed by atoms with E-state index in [0.717, 1.165) is 16.9 Å². The van der Waals surface area contributed by atoms with E-state index in [4.69, 9.17) is 10.5 Å². The first-order chi connectivity index (χ1) is 9.06. The fourth-order valence-corrected chi connectivity index (χ4v) is 1.66. The lowest BCUT2D eigenvalue weighted by Gasteiger charge is -2.07. The first-order valence-electron chi connectivity index (χ1n) is 5.78. The van der Waals surface area contributed by atoms with E-state index in [9.17, 15) is 10.1 Å². The van der Waals surface area contributed by atoms with Gasteiger partial charge < -0.3 is 10.5 Å². The van der Waals surface area contributed by atoms with Crippen molar-refractivity contribution in [3.63, 3.8) is 0 Å². The van der Waals surface area contributed by atoms with Crippen molar-refractivity contribution >= 4 is 11.4 Å². The number of nitrogens with zero attached hydrogens (tertiary/aromatic N) is 1. The summed E-state index contributed by atoms with van der Waals surface area (Å²) in [5.41, 5.74) is 7.63. The molecule has 0 aliphatic heterocycles. The predicted molar refractivity (Wildman–Crippen MR) is 73.0 cm³/mol. The van der Waals surface area contributed by atoms with Crippen molar-refractivity contribution < 1.29 is 9.66 Å². The maximum Gasteiger partial charge on any atom is 0.292 e. The molecule has 0 atom stereocenters. The molecule has 0 spiro atoms. The van der Waals surface area contributed by atoms with E-state index < -0.39 is 4.92 Å². The summed E-state index contributed by atoms with van der Waals surface area (Å²) in [6.07, 6.45) is 0. The molecule has 0 heterocycles. The van der Waals surface area contributed by atoms with Gasteiger partial charge in [0.25, 0.3) is 5.69 Å². The second-order valence-corrected chi connectivity index (χ2v) is 4.25. The highest BCUT2D eigenvalue weighted by molar-refractivity contribution is 5.59. The highest BCUT2D eigenvalue weighted by Crippen LogP contribution is 2.23. The predicted octanol–water partition coefficient (Wildman–Crippen LogP) is 3.06. The highest BCUT2D eigenvalue weighted by atomic mass is 16.6. The molecule has 0 saturated carbocycles. The van der Waals surface area contributed by atoms with Crippen LogP contribution in [0.3, 0.4) is 0 Å². The molecule has 5 nitrogen and oxygen atoms in total. The van der Waals surface area contributed by atoms with Crippen LogP contribution in [-0.2, 0) is 6.61 Å². The zero-order valence-corrected chi connectivity index (χ0v) is 10.5. The Balaban J connectivity index is 2.06. The van der Waals surface area contributed by atoms with Gasteiger partial charge in [-0.1, -0.05) is 17.7 Å². The fraction of sp³-hybridized carbons (Fsp3) is 0.143. The maximum absolute atomic E-state index is 10.6. The minimum absolute atomic E-state index is 0.0842. The largest absolute Gasteiger partial charge is 0.489 e. The van der Waals surface area contributed by atoms with E-state index in [1.165, 1.54) is 6.07 Å². The first kappa shape index (κ1) is 12.9. The lowest BCUT2D eigenvalue weighted by atomic mass is 10.2. The first-order valence-corrected chi connectivity index (χ1v) is 5.78. The van der Waals surface area contributed by atoms with Crippen LogP contribution in [0.5, 0.6) is 5.75 Å². The molecule has 5 heteroatoms. The molecule has 2 N–H and O–H groups in total. The van der Waals surface area contributed by atoms with Crippen LogP contribution >= 0.6 is 0 Å². The van der Waals surface area contributed by atoms with Crippen molar-refractivity contribution in [2.24, 2.45) is 0 Å².